The van der Waals surface area contributed by atoms with Gasteiger partial charge in [0.15, 0.2) is 0 Å². The fourth-order valence-corrected chi connectivity index (χ4v) is 1.56. The van der Waals surface area contributed by atoms with E-state index in [0.29, 0.717) is 5.69 Å². The van der Waals surface area contributed by atoms with Gasteiger partial charge in [-0.3, -0.25) is 9.59 Å². The van der Waals surface area contributed by atoms with Crippen molar-refractivity contribution in [2.45, 2.75) is 26.9 Å². The van der Waals surface area contributed by atoms with Crippen molar-refractivity contribution in [2.24, 2.45) is 0 Å². The van der Waals surface area contributed by atoms with Gasteiger partial charge < -0.3 is 15.7 Å². The van der Waals surface area contributed by atoms with E-state index >= 15 is 0 Å². The molecule has 0 saturated heterocycles. The van der Waals surface area contributed by atoms with Gasteiger partial charge in [-0.2, -0.15) is 0 Å². The van der Waals surface area contributed by atoms with Gasteiger partial charge in [-0.25, -0.2) is 0 Å². The van der Waals surface area contributed by atoms with Crippen LogP contribution < -0.4 is 10.6 Å². The number of hydrogen-bond acceptors (Lipinski definition) is 3. The van der Waals surface area contributed by atoms with Crippen LogP contribution in [0.3, 0.4) is 0 Å². The average molecular weight is 250 g/mol. The smallest absolute Gasteiger partial charge is 0.313 e. The van der Waals surface area contributed by atoms with E-state index in [-0.39, 0.29) is 6.54 Å². The number of amides is 2. The van der Waals surface area contributed by atoms with Crippen LogP contribution in [0.15, 0.2) is 18.2 Å². The lowest BCUT2D eigenvalue weighted by Gasteiger charge is -2.09. The second-order valence-corrected chi connectivity index (χ2v) is 4.39. The third kappa shape index (κ3) is 4.55. The molecular weight excluding hydrogens is 232 g/mol. The molecule has 0 fully saturated rings. The van der Waals surface area contributed by atoms with Gasteiger partial charge in [0, 0.05) is 12.2 Å². The van der Waals surface area contributed by atoms with Crippen LogP contribution in [0.4, 0.5) is 5.69 Å². The molecule has 1 aromatic rings. The Morgan fingerprint density at radius 2 is 1.72 bits per heavy atom. The number of rotatable bonds is 3. The van der Waals surface area contributed by atoms with Crippen LogP contribution in [-0.4, -0.2) is 29.6 Å². The van der Waals surface area contributed by atoms with E-state index in [1.54, 1.807) is 12.1 Å². The third-order valence-electron chi connectivity index (χ3n) is 2.24. The summed E-state index contributed by atoms with van der Waals surface area (Å²) in [5.74, 6) is -1.49. The molecule has 3 N–H and O–H groups in total. The normalized spacial score (nSPS) is 11.8. The quantitative estimate of drug-likeness (QED) is 0.692. The van der Waals surface area contributed by atoms with Crippen LogP contribution in [0, 0.1) is 13.8 Å². The van der Waals surface area contributed by atoms with Gasteiger partial charge in [0.1, 0.15) is 0 Å². The standard InChI is InChI=1S/C13H18N2O3/c1-8-4-9(2)6-11(5-8)15-13(18)12(17)14-7-10(3)16/h4-6,10,16H,7H2,1-3H3,(H,14,17)(H,15,18). The minimum absolute atomic E-state index is 0.0547. The number of carbonyl (C=O) groups excluding carboxylic acids is 2. The topological polar surface area (TPSA) is 78.4 Å². The minimum Gasteiger partial charge on any atom is -0.392 e. The Morgan fingerprint density at radius 3 is 2.22 bits per heavy atom. The lowest BCUT2D eigenvalue weighted by atomic mass is 10.1. The van der Waals surface area contributed by atoms with E-state index in [2.05, 4.69) is 10.6 Å². The molecule has 0 aliphatic carbocycles. The van der Waals surface area contributed by atoms with E-state index in [4.69, 9.17) is 5.11 Å². The van der Waals surface area contributed by atoms with Gasteiger partial charge in [0.05, 0.1) is 6.10 Å². The van der Waals surface area contributed by atoms with Crippen LogP contribution in [0.5, 0.6) is 0 Å². The van der Waals surface area contributed by atoms with Gasteiger partial charge in [-0.1, -0.05) is 6.07 Å². The molecular formula is C13H18N2O3. The first-order valence-corrected chi connectivity index (χ1v) is 5.74. The fourth-order valence-electron chi connectivity index (χ4n) is 1.56. The molecule has 0 radical (unpaired) electrons. The molecule has 18 heavy (non-hydrogen) atoms. The molecule has 0 saturated carbocycles. The summed E-state index contributed by atoms with van der Waals surface area (Å²) in [7, 11) is 0. The van der Waals surface area contributed by atoms with E-state index in [9.17, 15) is 9.59 Å². The maximum Gasteiger partial charge on any atom is 0.313 e. The van der Waals surface area contributed by atoms with Crippen LogP contribution in [0.1, 0.15) is 18.1 Å². The predicted octanol–water partition coefficient (Wildman–Crippen LogP) is 0.739. The SMILES string of the molecule is Cc1cc(C)cc(NC(=O)C(=O)NCC(C)O)c1. The lowest BCUT2D eigenvalue weighted by molar-refractivity contribution is -0.136. The highest BCUT2D eigenvalue weighted by atomic mass is 16.3. The number of aliphatic hydroxyl groups is 1. The van der Waals surface area contributed by atoms with Crippen molar-refractivity contribution >= 4 is 17.5 Å². The lowest BCUT2D eigenvalue weighted by Crippen LogP contribution is -2.38. The van der Waals surface area contributed by atoms with Gasteiger partial charge >= 0.3 is 11.8 Å². The van der Waals surface area contributed by atoms with Gasteiger partial charge in [0.2, 0.25) is 0 Å². The van der Waals surface area contributed by atoms with Crippen LogP contribution in [-0.2, 0) is 9.59 Å². The number of aliphatic hydroxyl groups excluding tert-OH is 1. The molecule has 0 spiro atoms. The number of carbonyl (C=O) groups is 2. The number of nitrogens with one attached hydrogen (secondary N) is 2. The molecule has 0 bridgehead atoms. The highest BCUT2D eigenvalue weighted by Crippen LogP contribution is 2.13. The molecule has 1 atom stereocenters. The summed E-state index contributed by atoms with van der Waals surface area (Å²) in [5, 5.41) is 13.8. The molecule has 5 heteroatoms. The van der Waals surface area contributed by atoms with Crippen molar-refractivity contribution in [3.8, 4) is 0 Å². The minimum atomic E-state index is -0.755. The summed E-state index contributed by atoms with van der Waals surface area (Å²) in [6, 6.07) is 5.54. The number of anilines is 1. The summed E-state index contributed by atoms with van der Waals surface area (Å²) in [6.07, 6.45) is -0.678. The van der Waals surface area contributed by atoms with Crippen molar-refractivity contribution in [1.29, 1.82) is 0 Å². The Balaban J connectivity index is 2.61. The molecule has 0 aromatic heterocycles. The monoisotopic (exact) mass is 250 g/mol. The van der Waals surface area contributed by atoms with Crippen molar-refractivity contribution in [3.05, 3.63) is 29.3 Å². The first-order valence-electron chi connectivity index (χ1n) is 5.74. The zero-order valence-corrected chi connectivity index (χ0v) is 10.8. The molecule has 1 rings (SSSR count). The van der Waals surface area contributed by atoms with Crippen molar-refractivity contribution in [1.82, 2.24) is 5.32 Å². The van der Waals surface area contributed by atoms with Crippen molar-refractivity contribution < 1.29 is 14.7 Å². The van der Waals surface area contributed by atoms with Crippen LogP contribution >= 0.6 is 0 Å². The Labute approximate surface area is 106 Å². The third-order valence-corrected chi connectivity index (χ3v) is 2.24. The van der Waals surface area contributed by atoms with E-state index in [0.717, 1.165) is 11.1 Å². The number of hydrogen-bond donors (Lipinski definition) is 3. The first-order chi connectivity index (χ1) is 8.38. The van der Waals surface area contributed by atoms with Crippen LogP contribution in [0.25, 0.3) is 0 Å². The molecule has 0 aliphatic rings. The Kier molecular flexibility index (Phi) is 4.85. The zero-order chi connectivity index (χ0) is 13.7. The summed E-state index contributed by atoms with van der Waals surface area (Å²) < 4.78 is 0. The van der Waals surface area contributed by atoms with E-state index < -0.39 is 17.9 Å². The summed E-state index contributed by atoms with van der Waals surface area (Å²) in [4.78, 5) is 22.9. The average Bonchev–Trinajstić information content (AvgIpc) is 2.24. The Bertz CT molecular complexity index is 435. The first kappa shape index (κ1) is 14.2. The summed E-state index contributed by atoms with van der Waals surface area (Å²) in [5.41, 5.74) is 2.61. The zero-order valence-electron chi connectivity index (χ0n) is 10.8. The fraction of sp³-hybridized carbons (Fsp3) is 0.385. The predicted molar refractivity (Wildman–Crippen MR) is 69.2 cm³/mol. The van der Waals surface area contributed by atoms with Gasteiger partial charge in [-0.05, 0) is 44.0 Å². The Hall–Kier alpha value is -1.88. The molecule has 1 unspecified atom stereocenters. The van der Waals surface area contributed by atoms with E-state index in [1.807, 2.05) is 19.9 Å². The summed E-state index contributed by atoms with van der Waals surface area (Å²) >= 11 is 0. The van der Waals surface area contributed by atoms with Gasteiger partial charge in [-0.15, -0.1) is 0 Å². The van der Waals surface area contributed by atoms with Crippen LogP contribution in [0.2, 0.25) is 0 Å². The van der Waals surface area contributed by atoms with Crippen molar-refractivity contribution in [2.75, 3.05) is 11.9 Å². The molecule has 5 nitrogen and oxygen atoms in total. The highest BCUT2D eigenvalue weighted by Gasteiger charge is 2.14. The molecule has 2 amide bonds. The Morgan fingerprint density at radius 1 is 1.17 bits per heavy atom. The summed E-state index contributed by atoms with van der Waals surface area (Å²) in [6.45, 7) is 5.41. The molecule has 0 aliphatic heterocycles. The van der Waals surface area contributed by atoms with Crippen molar-refractivity contribution in [3.63, 3.8) is 0 Å². The largest absolute Gasteiger partial charge is 0.392 e. The maximum atomic E-state index is 11.5. The molecule has 0 heterocycles. The second kappa shape index (κ2) is 6.16. The molecule has 98 valence electrons. The second-order valence-electron chi connectivity index (χ2n) is 4.39. The number of aryl methyl sites for hydroxylation is 2. The van der Waals surface area contributed by atoms with Gasteiger partial charge in [0.25, 0.3) is 0 Å². The molecule has 1 aromatic carbocycles. The highest BCUT2D eigenvalue weighted by molar-refractivity contribution is 6.39. The number of benzene rings is 1. The maximum absolute atomic E-state index is 11.5. The van der Waals surface area contributed by atoms with E-state index in [1.165, 1.54) is 6.92 Å².